The van der Waals surface area contributed by atoms with Crippen molar-refractivity contribution >= 4 is 33.3 Å². The van der Waals surface area contributed by atoms with E-state index in [-0.39, 0.29) is 23.1 Å². The highest BCUT2D eigenvalue weighted by molar-refractivity contribution is 9.10. The molecule has 0 radical (unpaired) electrons. The molecule has 7 nitrogen and oxygen atoms in total. The maximum Gasteiger partial charge on any atom is 0.274 e. The van der Waals surface area contributed by atoms with E-state index >= 15 is 0 Å². The number of likely N-dealkylation sites (tertiary alicyclic amines) is 1. The van der Waals surface area contributed by atoms with E-state index in [1.54, 1.807) is 23.2 Å². The summed E-state index contributed by atoms with van der Waals surface area (Å²) >= 11 is 3.45. The molecule has 40 heavy (non-hydrogen) atoms. The van der Waals surface area contributed by atoms with E-state index < -0.39 is 23.0 Å². The highest BCUT2D eigenvalue weighted by Crippen LogP contribution is 2.40. The number of aromatic nitrogens is 3. The zero-order chi connectivity index (χ0) is 28.0. The highest BCUT2D eigenvalue weighted by atomic mass is 79.9. The molecule has 1 amide bonds. The van der Waals surface area contributed by atoms with Crippen LogP contribution in [-0.2, 0) is 4.79 Å². The number of pyridine rings is 1. The fourth-order valence-corrected chi connectivity index (χ4v) is 5.93. The third-order valence-electron chi connectivity index (χ3n) is 7.71. The third-order valence-corrected chi connectivity index (χ3v) is 8.24. The number of halogens is 4. The quantitative estimate of drug-likeness (QED) is 0.283. The lowest BCUT2D eigenvalue weighted by atomic mass is 9.83. The van der Waals surface area contributed by atoms with Crippen molar-refractivity contribution in [2.24, 2.45) is 0 Å². The Bertz CT molecular complexity index is 1580. The minimum Gasteiger partial charge on any atom is -0.358 e. The van der Waals surface area contributed by atoms with Crippen LogP contribution in [0.15, 0.2) is 71.5 Å². The summed E-state index contributed by atoms with van der Waals surface area (Å²) in [6.07, 6.45) is 4.49. The summed E-state index contributed by atoms with van der Waals surface area (Å²) in [4.78, 5) is 34.6. The highest BCUT2D eigenvalue weighted by Gasteiger charge is 2.50. The fourth-order valence-electron chi connectivity index (χ4n) is 5.67. The van der Waals surface area contributed by atoms with E-state index in [0.717, 1.165) is 22.3 Å². The van der Waals surface area contributed by atoms with Crippen LogP contribution in [0.25, 0.3) is 16.9 Å². The first-order valence-electron chi connectivity index (χ1n) is 12.8. The lowest BCUT2D eigenvalue weighted by Gasteiger charge is -2.44. The van der Waals surface area contributed by atoms with E-state index in [1.165, 1.54) is 16.9 Å². The first-order valence-corrected chi connectivity index (χ1v) is 13.6. The summed E-state index contributed by atoms with van der Waals surface area (Å²) in [6, 6.07) is 14.4. The van der Waals surface area contributed by atoms with E-state index in [9.17, 15) is 22.8 Å². The van der Waals surface area contributed by atoms with Gasteiger partial charge < -0.3 is 9.80 Å². The Morgan fingerprint density at radius 3 is 2.27 bits per heavy atom. The molecule has 2 saturated heterocycles. The zero-order valence-electron chi connectivity index (χ0n) is 21.2. The molecule has 2 aliphatic heterocycles. The van der Waals surface area contributed by atoms with Gasteiger partial charge in [-0.2, -0.15) is 5.10 Å². The molecular formula is C29H23BrF3N5O2. The number of anilines is 1. The summed E-state index contributed by atoms with van der Waals surface area (Å²) < 4.78 is 44.0. The molecule has 2 aromatic carbocycles. The third kappa shape index (κ3) is 4.47. The Kier molecular flexibility index (Phi) is 6.69. The summed E-state index contributed by atoms with van der Waals surface area (Å²) in [6.45, 7) is 1.30. The second-order valence-electron chi connectivity index (χ2n) is 9.92. The SMILES string of the molecule is O=C(c1cc(-c2cccnc2)n(-c2cc(F)c(F)c(F)c2)n1)N1CCC2(CC1)C(=O)CCN2c1ccc(Br)cc1. The van der Waals surface area contributed by atoms with E-state index in [0.29, 0.717) is 50.2 Å². The molecular weight excluding hydrogens is 587 g/mol. The van der Waals surface area contributed by atoms with Gasteiger partial charge in [0.1, 0.15) is 5.54 Å². The van der Waals surface area contributed by atoms with Crippen LogP contribution < -0.4 is 4.90 Å². The van der Waals surface area contributed by atoms with Crippen LogP contribution in [0.3, 0.4) is 0 Å². The monoisotopic (exact) mass is 609 g/mol. The topological polar surface area (TPSA) is 71.3 Å². The Hall–Kier alpha value is -3.99. The average Bonchev–Trinajstić information content (AvgIpc) is 3.55. The molecule has 0 N–H and O–H groups in total. The van der Waals surface area contributed by atoms with Crippen molar-refractivity contribution in [1.82, 2.24) is 19.7 Å². The molecule has 4 aromatic rings. The number of amides is 1. The van der Waals surface area contributed by atoms with Gasteiger partial charge in [0, 0.05) is 66.3 Å². The molecule has 0 aliphatic carbocycles. The van der Waals surface area contributed by atoms with E-state index in [4.69, 9.17) is 0 Å². The Morgan fingerprint density at radius 2 is 1.62 bits per heavy atom. The maximum atomic E-state index is 14.1. The molecule has 2 aromatic heterocycles. The van der Waals surface area contributed by atoms with E-state index in [2.05, 4.69) is 30.9 Å². The Morgan fingerprint density at radius 1 is 0.925 bits per heavy atom. The van der Waals surface area contributed by atoms with Crippen LogP contribution in [0.1, 0.15) is 29.8 Å². The number of Topliss-reactive ketones (excluding diaryl/α,β-unsaturated/α-hetero) is 1. The van der Waals surface area contributed by atoms with Crippen molar-refractivity contribution in [3.63, 3.8) is 0 Å². The Balaban J connectivity index is 1.29. The molecule has 1 spiro atoms. The van der Waals surface area contributed by atoms with Crippen molar-refractivity contribution < 1.29 is 22.8 Å². The first kappa shape index (κ1) is 26.2. The zero-order valence-corrected chi connectivity index (χ0v) is 22.7. The number of piperidine rings is 1. The molecule has 6 rings (SSSR count). The largest absolute Gasteiger partial charge is 0.358 e. The lowest BCUT2D eigenvalue weighted by Crippen LogP contribution is -2.56. The molecule has 11 heteroatoms. The van der Waals surface area contributed by atoms with Gasteiger partial charge in [0.15, 0.2) is 28.9 Å². The second-order valence-corrected chi connectivity index (χ2v) is 10.8. The smallest absolute Gasteiger partial charge is 0.274 e. The molecule has 2 aliphatic rings. The van der Waals surface area contributed by atoms with Gasteiger partial charge in [-0.1, -0.05) is 15.9 Å². The van der Waals surface area contributed by atoms with Gasteiger partial charge in [0.05, 0.1) is 11.4 Å². The van der Waals surface area contributed by atoms with Crippen molar-refractivity contribution in [3.05, 3.63) is 94.6 Å². The van der Waals surface area contributed by atoms with Crippen LogP contribution in [0.5, 0.6) is 0 Å². The predicted octanol–water partition coefficient (Wildman–Crippen LogP) is 5.57. The van der Waals surface area contributed by atoms with Crippen LogP contribution in [0.4, 0.5) is 18.9 Å². The average molecular weight is 610 g/mol. The maximum absolute atomic E-state index is 14.1. The van der Waals surface area contributed by atoms with Gasteiger partial charge in [0.25, 0.3) is 5.91 Å². The minimum atomic E-state index is -1.59. The molecule has 0 unspecified atom stereocenters. The van der Waals surface area contributed by atoms with Crippen molar-refractivity contribution in [2.75, 3.05) is 24.5 Å². The van der Waals surface area contributed by atoms with Gasteiger partial charge >= 0.3 is 0 Å². The van der Waals surface area contributed by atoms with Gasteiger partial charge in [0.2, 0.25) is 0 Å². The van der Waals surface area contributed by atoms with Crippen LogP contribution in [0.2, 0.25) is 0 Å². The predicted molar refractivity (Wildman–Crippen MR) is 146 cm³/mol. The molecule has 4 heterocycles. The van der Waals surface area contributed by atoms with Gasteiger partial charge in [-0.15, -0.1) is 0 Å². The molecule has 0 atom stereocenters. The van der Waals surface area contributed by atoms with Crippen LogP contribution >= 0.6 is 15.9 Å². The second kappa shape index (κ2) is 10.2. The fraction of sp³-hybridized carbons (Fsp3) is 0.241. The van der Waals surface area contributed by atoms with Crippen LogP contribution in [-0.4, -0.2) is 56.5 Å². The van der Waals surface area contributed by atoms with Gasteiger partial charge in [-0.25, -0.2) is 17.9 Å². The summed E-state index contributed by atoms with van der Waals surface area (Å²) in [7, 11) is 0. The number of nitrogens with zero attached hydrogens (tertiary/aromatic N) is 5. The molecule has 0 saturated carbocycles. The standard InChI is InChI=1S/C29H23BrF3N5O2/c30-19-3-5-20(6-4-19)37-11-7-26(39)29(37)8-12-36(13-9-29)28(40)24-16-25(18-2-1-10-34-17-18)38(35-24)21-14-22(31)27(33)23(32)15-21/h1-6,10,14-17H,7-9,11-13H2. The van der Waals surface area contributed by atoms with E-state index in [1.807, 2.05) is 24.3 Å². The lowest BCUT2D eigenvalue weighted by molar-refractivity contribution is -0.123. The summed E-state index contributed by atoms with van der Waals surface area (Å²) in [5.74, 6) is -4.52. The number of hydrogen-bond acceptors (Lipinski definition) is 5. The number of hydrogen-bond donors (Lipinski definition) is 0. The number of rotatable bonds is 4. The van der Waals surface area contributed by atoms with Crippen LogP contribution in [0, 0.1) is 17.5 Å². The summed E-state index contributed by atoms with van der Waals surface area (Å²) in [5.41, 5.74) is 1.19. The van der Waals surface area contributed by atoms with Gasteiger partial charge in [-0.05, 0) is 55.3 Å². The minimum absolute atomic E-state index is 0.0578. The van der Waals surface area contributed by atoms with Crippen molar-refractivity contribution in [3.8, 4) is 16.9 Å². The molecule has 204 valence electrons. The Labute approximate surface area is 236 Å². The first-order chi connectivity index (χ1) is 19.3. The number of benzene rings is 2. The normalized spacial score (nSPS) is 16.6. The van der Waals surface area contributed by atoms with Gasteiger partial charge in [-0.3, -0.25) is 14.6 Å². The number of carbonyl (C=O) groups excluding carboxylic acids is 2. The summed E-state index contributed by atoms with van der Waals surface area (Å²) in [5, 5.41) is 4.38. The van der Waals surface area contributed by atoms with Crippen molar-refractivity contribution in [1.29, 1.82) is 0 Å². The molecule has 2 fully saturated rings. The number of ketones is 1. The molecule has 0 bridgehead atoms. The van der Waals surface area contributed by atoms with Crippen molar-refractivity contribution in [2.45, 2.75) is 24.8 Å². The number of carbonyl (C=O) groups is 2.